The molecule has 0 aromatic heterocycles. The normalized spacial score (nSPS) is 23.2. The summed E-state index contributed by atoms with van der Waals surface area (Å²) in [6.07, 6.45) is 5.43. The number of nitrogens with two attached hydrogens (primary N) is 1. The van der Waals surface area contributed by atoms with Crippen molar-refractivity contribution >= 4 is 11.9 Å². The summed E-state index contributed by atoms with van der Waals surface area (Å²) in [6.45, 7) is 0.781. The fourth-order valence-corrected chi connectivity index (χ4v) is 2.87. The fraction of sp³-hybridized carbons (Fsp3) is 0.857. The van der Waals surface area contributed by atoms with Crippen LogP contribution >= 0.6 is 0 Å². The van der Waals surface area contributed by atoms with Crippen LogP contribution in [-0.2, 0) is 19.1 Å². The van der Waals surface area contributed by atoms with E-state index in [1.54, 1.807) is 0 Å². The molecule has 0 heterocycles. The van der Waals surface area contributed by atoms with E-state index in [9.17, 15) is 9.59 Å². The molecule has 2 atom stereocenters. The van der Waals surface area contributed by atoms with Gasteiger partial charge >= 0.3 is 11.9 Å². The molecule has 0 radical (unpaired) electrons. The number of rotatable bonds is 6. The summed E-state index contributed by atoms with van der Waals surface area (Å²) >= 11 is 0. The molecule has 1 aliphatic rings. The summed E-state index contributed by atoms with van der Waals surface area (Å²) in [7, 11) is 2.71. The molecule has 1 fully saturated rings. The largest absolute Gasteiger partial charge is 0.468 e. The van der Waals surface area contributed by atoms with Gasteiger partial charge in [0.05, 0.1) is 27.3 Å². The summed E-state index contributed by atoms with van der Waals surface area (Å²) in [4.78, 5) is 25.0. The van der Waals surface area contributed by atoms with Crippen LogP contribution in [0.3, 0.4) is 0 Å². The number of hydrogen-bond acceptors (Lipinski definition) is 6. The minimum Gasteiger partial charge on any atom is -0.468 e. The lowest BCUT2D eigenvalue weighted by atomic mass is 9.93. The van der Waals surface area contributed by atoms with Crippen LogP contribution in [0.1, 0.15) is 32.1 Å². The molecule has 0 amide bonds. The van der Waals surface area contributed by atoms with Crippen molar-refractivity contribution in [1.29, 1.82) is 0 Å². The standard InChI is InChI=1S/C14H26N2O4/c1-19-13(17)9-16(10-14(18)20-2)12-7-5-3-4-6-11(12)8-15/h11-12H,3-10,15H2,1-2H3. The van der Waals surface area contributed by atoms with Crippen LogP contribution in [0.5, 0.6) is 0 Å². The topological polar surface area (TPSA) is 81.9 Å². The van der Waals surface area contributed by atoms with Crippen LogP contribution in [0.25, 0.3) is 0 Å². The van der Waals surface area contributed by atoms with Gasteiger partial charge in [-0.3, -0.25) is 14.5 Å². The van der Waals surface area contributed by atoms with E-state index in [0.717, 1.165) is 25.7 Å². The van der Waals surface area contributed by atoms with Crippen molar-refractivity contribution in [3.05, 3.63) is 0 Å². The molecule has 20 heavy (non-hydrogen) atoms. The molecule has 116 valence electrons. The Hall–Kier alpha value is -1.14. The van der Waals surface area contributed by atoms with Crippen molar-refractivity contribution < 1.29 is 19.1 Å². The summed E-state index contributed by atoms with van der Waals surface area (Å²) in [6, 6.07) is 0.140. The maximum absolute atomic E-state index is 11.6. The number of nitrogens with zero attached hydrogens (tertiary/aromatic N) is 1. The summed E-state index contributed by atoms with van der Waals surface area (Å²) < 4.78 is 9.45. The highest BCUT2D eigenvalue weighted by Gasteiger charge is 2.30. The van der Waals surface area contributed by atoms with E-state index in [1.165, 1.54) is 20.6 Å². The van der Waals surface area contributed by atoms with Crippen LogP contribution in [0.2, 0.25) is 0 Å². The molecule has 2 N–H and O–H groups in total. The zero-order valence-electron chi connectivity index (χ0n) is 12.5. The van der Waals surface area contributed by atoms with Gasteiger partial charge in [0.1, 0.15) is 0 Å². The van der Waals surface area contributed by atoms with Crippen LogP contribution in [0, 0.1) is 5.92 Å². The predicted octanol–water partition coefficient (Wildman–Crippen LogP) is 0.542. The highest BCUT2D eigenvalue weighted by molar-refractivity contribution is 5.74. The zero-order valence-corrected chi connectivity index (χ0v) is 12.5. The van der Waals surface area contributed by atoms with E-state index in [1.807, 2.05) is 4.90 Å². The van der Waals surface area contributed by atoms with Gasteiger partial charge in [0.15, 0.2) is 0 Å². The molecule has 0 aromatic carbocycles. The van der Waals surface area contributed by atoms with E-state index < -0.39 is 0 Å². The Morgan fingerprint density at radius 3 is 2.10 bits per heavy atom. The van der Waals surface area contributed by atoms with E-state index in [4.69, 9.17) is 15.2 Å². The molecule has 2 unspecified atom stereocenters. The second-order valence-corrected chi connectivity index (χ2v) is 5.26. The minimum absolute atomic E-state index is 0.104. The fourth-order valence-electron chi connectivity index (χ4n) is 2.87. The van der Waals surface area contributed by atoms with Crippen LogP contribution in [0.4, 0.5) is 0 Å². The number of ether oxygens (including phenoxy) is 2. The van der Waals surface area contributed by atoms with Crippen molar-refractivity contribution in [3.63, 3.8) is 0 Å². The van der Waals surface area contributed by atoms with Gasteiger partial charge < -0.3 is 15.2 Å². The third-order valence-corrected chi connectivity index (χ3v) is 4.01. The van der Waals surface area contributed by atoms with Gasteiger partial charge in [-0.25, -0.2) is 0 Å². The van der Waals surface area contributed by atoms with Crippen molar-refractivity contribution in [3.8, 4) is 0 Å². The Morgan fingerprint density at radius 2 is 1.60 bits per heavy atom. The maximum atomic E-state index is 11.6. The lowest BCUT2D eigenvalue weighted by Gasteiger charge is -2.34. The maximum Gasteiger partial charge on any atom is 0.319 e. The summed E-state index contributed by atoms with van der Waals surface area (Å²) in [5, 5.41) is 0. The van der Waals surface area contributed by atoms with E-state index >= 15 is 0 Å². The Labute approximate surface area is 120 Å². The first-order valence-electron chi connectivity index (χ1n) is 7.20. The predicted molar refractivity (Wildman–Crippen MR) is 75.0 cm³/mol. The van der Waals surface area contributed by atoms with Gasteiger partial charge in [0, 0.05) is 6.04 Å². The molecule has 0 saturated heterocycles. The first-order valence-corrected chi connectivity index (χ1v) is 7.20. The lowest BCUT2D eigenvalue weighted by Crippen LogP contribution is -2.47. The number of methoxy groups -OCH3 is 2. The quantitative estimate of drug-likeness (QED) is 0.567. The summed E-state index contributed by atoms with van der Waals surface area (Å²) in [5.41, 5.74) is 5.87. The SMILES string of the molecule is COC(=O)CN(CC(=O)OC)C1CCCCCC1CN. The third-order valence-electron chi connectivity index (χ3n) is 4.01. The first kappa shape index (κ1) is 16.9. The second-order valence-electron chi connectivity index (χ2n) is 5.26. The van der Waals surface area contributed by atoms with Crippen LogP contribution < -0.4 is 5.73 Å². The van der Waals surface area contributed by atoms with Crippen LogP contribution in [0.15, 0.2) is 0 Å². The molecule has 1 aliphatic carbocycles. The Kier molecular flexibility index (Phi) is 7.54. The number of carbonyl (C=O) groups is 2. The molecular formula is C14H26N2O4. The Balaban J connectivity index is 2.80. The molecule has 0 bridgehead atoms. The third kappa shape index (κ3) is 5.09. The molecular weight excluding hydrogens is 260 g/mol. The molecule has 6 heteroatoms. The van der Waals surface area contributed by atoms with Gasteiger partial charge in [0.25, 0.3) is 0 Å². The van der Waals surface area contributed by atoms with Gasteiger partial charge in [-0.2, -0.15) is 0 Å². The van der Waals surface area contributed by atoms with Gasteiger partial charge in [0.2, 0.25) is 0 Å². The van der Waals surface area contributed by atoms with Crippen molar-refractivity contribution in [2.75, 3.05) is 33.9 Å². The number of hydrogen-bond donors (Lipinski definition) is 1. The molecule has 0 aromatic rings. The minimum atomic E-state index is -0.339. The molecule has 0 aliphatic heterocycles. The Morgan fingerprint density at radius 1 is 1.05 bits per heavy atom. The monoisotopic (exact) mass is 286 g/mol. The zero-order chi connectivity index (χ0) is 15.0. The molecule has 6 nitrogen and oxygen atoms in total. The molecule has 1 saturated carbocycles. The number of carbonyl (C=O) groups excluding carboxylic acids is 2. The first-order chi connectivity index (χ1) is 9.62. The van der Waals surface area contributed by atoms with Gasteiger partial charge in [-0.05, 0) is 25.3 Å². The highest BCUT2D eigenvalue weighted by atomic mass is 16.5. The lowest BCUT2D eigenvalue weighted by molar-refractivity contribution is -0.147. The van der Waals surface area contributed by atoms with Crippen molar-refractivity contribution in [2.24, 2.45) is 11.7 Å². The Bertz CT molecular complexity index is 304. The average Bonchev–Trinajstić information content (AvgIpc) is 2.71. The van der Waals surface area contributed by atoms with Gasteiger partial charge in [-0.1, -0.05) is 19.3 Å². The van der Waals surface area contributed by atoms with E-state index in [-0.39, 0.29) is 31.1 Å². The number of esters is 2. The highest BCUT2D eigenvalue weighted by Crippen LogP contribution is 2.26. The average molecular weight is 286 g/mol. The van der Waals surface area contributed by atoms with E-state index in [2.05, 4.69) is 0 Å². The second kappa shape index (κ2) is 8.92. The van der Waals surface area contributed by atoms with Crippen molar-refractivity contribution in [2.45, 2.75) is 38.1 Å². The van der Waals surface area contributed by atoms with E-state index in [0.29, 0.717) is 12.5 Å². The summed E-state index contributed by atoms with van der Waals surface area (Å²) in [5.74, 6) is -0.366. The van der Waals surface area contributed by atoms with Crippen molar-refractivity contribution in [1.82, 2.24) is 4.90 Å². The van der Waals surface area contributed by atoms with Crippen LogP contribution in [-0.4, -0.2) is 56.7 Å². The van der Waals surface area contributed by atoms with Gasteiger partial charge in [-0.15, -0.1) is 0 Å². The molecule has 1 rings (SSSR count). The molecule has 0 spiro atoms. The smallest absolute Gasteiger partial charge is 0.319 e.